The maximum Gasteiger partial charge on any atom is 0.346 e. The fourth-order valence-electron chi connectivity index (χ4n) is 2.91. The first kappa shape index (κ1) is 17.0. The molecule has 2 rings (SSSR count). The summed E-state index contributed by atoms with van der Waals surface area (Å²) in [5, 5.41) is -0.442. The number of hydrogen-bond donors (Lipinski definition) is 0. The molecule has 0 spiro atoms. The van der Waals surface area contributed by atoms with Gasteiger partial charge in [-0.2, -0.15) is 0 Å². The maximum atomic E-state index is 12.0. The van der Waals surface area contributed by atoms with Gasteiger partial charge in [0.15, 0.2) is 22.4 Å². The molecule has 0 aromatic carbocycles. The van der Waals surface area contributed by atoms with Crippen molar-refractivity contribution in [2.45, 2.75) is 38.2 Å². The predicted octanol–water partition coefficient (Wildman–Crippen LogP) is 0.792. The third-order valence-corrected chi connectivity index (χ3v) is 6.05. The first-order chi connectivity index (χ1) is 10.2. The lowest BCUT2D eigenvalue weighted by Crippen LogP contribution is -2.32. The number of rotatable bonds is 4. The molecule has 2 fully saturated rings. The van der Waals surface area contributed by atoms with Gasteiger partial charge in [0.25, 0.3) is 0 Å². The molecule has 1 aliphatic heterocycles. The molecule has 1 saturated heterocycles. The lowest BCUT2D eigenvalue weighted by Gasteiger charge is -2.23. The highest BCUT2D eigenvalue weighted by Gasteiger charge is 2.47. The fourth-order valence-corrected chi connectivity index (χ4v) is 4.76. The van der Waals surface area contributed by atoms with Crippen molar-refractivity contribution < 1.29 is 32.2 Å². The molecule has 7 nitrogen and oxygen atoms in total. The molecule has 22 heavy (non-hydrogen) atoms. The van der Waals surface area contributed by atoms with E-state index in [1.165, 1.54) is 6.92 Å². The normalized spacial score (nSPS) is 32.8. The summed E-state index contributed by atoms with van der Waals surface area (Å²) in [6.45, 7) is 6.19. The zero-order chi connectivity index (χ0) is 16.5. The van der Waals surface area contributed by atoms with Crippen LogP contribution in [0, 0.1) is 11.8 Å². The molecule has 0 N–H and O–H groups in total. The van der Waals surface area contributed by atoms with E-state index in [0.29, 0.717) is 12.8 Å². The van der Waals surface area contributed by atoms with Gasteiger partial charge in [0.05, 0.1) is 5.25 Å². The van der Waals surface area contributed by atoms with E-state index in [4.69, 9.17) is 14.2 Å². The molecule has 4 unspecified atom stereocenters. The van der Waals surface area contributed by atoms with Crippen LogP contribution in [0.15, 0.2) is 12.2 Å². The van der Waals surface area contributed by atoms with Gasteiger partial charge >= 0.3 is 11.9 Å². The number of carbonyl (C=O) groups excluding carboxylic acids is 2. The van der Waals surface area contributed by atoms with Crippen LogP contribution in [0.25, 0.3) is 0 Å². The molecular weight excluding hydrogens is 312 g/mol. The highest BCUT2D eigenvalue weighted by molar-refractivity contribution is 7.91. The molecule has 8 heteroatoms. The van der Waals surface area contributed by atoms with Crippen LogP contribution in [-0.2, 0) is 33.6 Å². The van der Waals surface area contributed by atoms with Crippen LogP contribution in [0.4, 0.5) is 0 Å². The quantitative estimate of drug-likeness (QED) is 0.555. The molecular formula is C14H20O7S. The van der Waals surface area contributed by atoms with E-state index in [9.17, 15) is 18.0 Å². The predicted molar refractivity (Wildman–Crippen MR) is 76.2 cm³/mol. The summed E-state index contributed by atoms with van der Waals surface area (Å²) in [4.78, 5) is 22.9. The minimum atomic E-state index is -3.33. The minimum Gasteiger partial charge on any atom is -0.450 e. The molecule has 2 bridgehead atoms. The number of ether oxygens (including phenoxy) is 3. The van der Waals surface area contributed by atoms with Crippen molar-refractivity contribution in [3.8, 4) is 0 Å². The van der Waals surface area contributed by atoms with Crippen LogP contribution in [0.5, 0.6) is 0 Å². The van der Waals surface area contributed by atoms with Crippen molar-refractivity contribution >= 4 is 21.8 Å². The number of esters is 2. The zero-order valence-electron chi connectivity index (χ0n) is 12.6. The number of sulfone groups is 1. The summed E-state index contributed by atoms with van der Waals surface area (Å²) >= 11 is 0. The second kappa shape index (κ2) is 6.37. The van der Waals surface area contributed by atoms with Gasteiger partial charge in [0.2, 0.25) is 6.29 Å². The summed E-state index contributed by atoms with van der Waals surface area (Å²) < 4.78 is 39.2. The van der Waals surface area contributed by atoms with Crippen LogP contribution < -0.4 is 0 Å². The molecule has 1 aliphatic carbocycles. The minimum absolute atomic E-state index is 0.0151. The van der Waals surface area contributed by atoms with Gasteiger partial charge in [-0.15, -0.1) is 0 Å². The van der Waals surface area contributed by atoms with E-state index in [1.807, 2.05) is 6.92 Å². The van der Waals surface area contributed by atoms with Crippen molar-refractivity contribution in [2.75, 3.05) is 12.5 Å². The Bertz CT molecular complexity index is 580. The SMILES string of the molecule is C=C(C)C(=O)OCC(=O)OC1OCS(=O)(=O)C2CC1CC2C. The summed E-state index contributed by atoms with van der Waals surface area (Å²) in [5.74, 6) is -2.05. The highest BCUT2D eigenvalue weighted by atomic mass is 32.2. The number of hydrogen-bond acceptors (Lipinski definition) is 7. The van der Waals surface area contributed by atoms with E-state index in [1.54, 1.807) is 0 Å². The van der Waals surface area contributed by atoms with Crippen LogP contribution in [-0.4, -0.2) is 44.4 Å². The van der Waals surface area contributed by atoms with Gasteiger partial charge < -0.3 is 14.2 Å². The van der Waals surface area contributed by atoms with Crippen molar-refractivity contribution in [1.82, 2.24) is 0 Å². The largest absolute Gasteiger partial charge is 0.450 e. The summed E-state index contributed by atoms with van der Waals surface area (Å²) in [5.41, 5.74) is 0.178. The van der Waals surface area contributed by atoms with Gasteiger partial charge in [-0.25, -0.2) is 18.0 Å². The standard InChI is InChI=1S/C14H20O7S/c1-8(2)13(16)19-6-12(15)21-14-10-4-9(3)11(5-10)22(17,18)7-20-14/h9-11,14H,1,4-7H2,2-3H3. The summed E-state index contributed by atoms with van der Waals surface area (Å²) in [7, 11) is -3.33. The average Bonchev–Trinajstić information content (AvgIpc) is 2.78. The summed E-state index contributed by atoms with van der Waals surface area (Å²) in [6.07, 6.45) is 0.126. The molecule has 0 radical (unpaired) electrons. The van der Waals surface area contributed by atoms with Gasteiger partial charge in [0, 0.05) is 11.5 Å². The fraction of sp³-hybridized carbons (Fsp3) is 0.714. The number of fused-ring (bicyclic) bond motifs is 2. The lowest BCUT2D eigenvalue weighted by atomic mass is 10.1. The Morgan fingerprint density at radius 3 is 2.64 bits per heavy atom. The Balaban J connectivity index is 1.94. The van der Waals surface area contributed by atoms with Crippen LogP contribution in [0.1, 0.15) is 26.7 Å². The lowest BCUT2D eigenvalue weighted by molar-refractivity contribution is -0.191. The van der Waals surface area contributed by atoms with Gasteiger partial charge in [-0.1, -0.05) is 13.5 Å². The Labute approximate surface area is 129 Å². The maximum absolute atomic E-state index is 12.0. The monoisotopic (exact) mass is 332 g/mol. The van der Waals surface area contributed by atoms with Crippen LogP contribution >= 0.6 is 0 Å². The first-order valence-electron chi connectivity index (χ1n) is 7.06. The van der Waals surface area contributed by atoms with Crippen molar-refractivity contribution in [2.24, 2.45) is 11.8 Å². The van der Waals surface area contributed by atoms with E-state index in [-0.39, 0.29) is 17.4 Å². The Kier molecular flexibility index (Phi) is 4.91. The third kappa shape index (κ3) is 3.67. The smallest absolute Gasteiger partial charge is 0.346 e. The molecule has 0 amide bonds. The topological polar surface area (TPSA) is 96.0 Å². The van der Waals surface area contributed by atoms with Crippen LogP contribution in [0.3, 0.4) is 0 Å². The molecule has 0 aromatic rings. The zero-order valence-corrected chi connectivity index (χ0v) is 13.4. The van der Waals surface area contributed by atoms with Crippen molar-refractivity contribution in [1.29, 1.82) is 0 Å². The molecule has 0 aromatic heterocycles. The van der Waals surface area contributed by atoms with Gasteiger partial charge in [-0.3, -0.25) is 0 Å². The second-order valence-electron chi connectivity index (χ2n) is 5.91. The van der Waals surface area contributed by atoms with E-state index >= 15 is 0 Å². The van der Waals surface area contributed by atoms with E-state index in [0.717, 1.165) is 0 Å². The average molecular weight is 332 g/mol. The molecule has 1 heterocycles. The van der Waals surface area contributed by atoms with E-state index < -0.39 is 45.9 Å². The van der Waals surface area contributed by atoms with Gasteiger partial charge in [-0.05, 0) is 25.7 Å². The van der Waals surface area contributed by atoms with E-state index in [2.05, 4.69) is 6.58 Å². The Morgan fingerprint density at radius 1 is 1.32 bits per heavy atom. The first-order valence-corrected chi connectivity index (χ1v) is 8.77. The molecule has 4 atom stereocenters. The molecule has 2 aliphatic rings. The second-order valence-corrected chi connectivity index (χ2v) is 8.08. The third-order valence-electron chi connectivity index (χ3n) is 4.00. The molecule has 124 valence electrons. The number of carbonyl (C=O) groups is 2. The van der Waals surface area contributed by atoms with Crippen molar-refractivity contribution in [3.63, 3.8) is 0 Å². The van der Waals surface area contributed by atoms with Gasteiger partial charge in [0.1, 0.15) is 0 Å². The Morgan fingerprint density at radius 2 is 2.00 bits per heavy atom. The molecule has 1 saturated carbocycles. The summed E-state index contributed by atoms with van der Waals surface area (Å²) in [6, 6.07) is 0. The van der Waals surface area contributed by atoms with Crippen molar-refractivity contribution in [3.05, 3.63) is 12.2 Å². The van der Waals surface area contributed by atoms with Crippen LogP contribution in [0.2, 0.25) is 0 Å². The Hall–Kier alpha value is -1.41. The highest BCUT2D eigenvalue weighted by Crippen LogP contribution is 2.41.